The Balaban J connectivity index is 0.000000106. The fourth-order valence-electron chi connectivity index (χ4n) is 19.9. The quantitative estimate of drug-likeness (QED) is 0.128. The van der Waals surface area contributed by atoms with Gasteiger partial charge in [-0.15, -0.1) is 0 Å². The molecule has 0 fully saturated rings. The van der Waals surface area contributed by atoms with Gasteiger partial charge in [-0.25, -0.2) is 4.98 Å². The lowest BCUT2D eigenvalue weighted by molar-refractivity contribution is 0.953. The van der Waals surface area contributed by atoms with Gasteiger partial charge in [0.25, 0.3) is 0 Å². The molecule has 130 heavy (non-hydrogen) atoms. The summed E-state index contributed by atoms with van der Waals surface area (Å²) in [7, 11) is 0. The van der Waals surface area contributed by atoms with Gasteiger partial charge in [0.05, 0.1) is 83.8 Å². The van der Waals surface area contributed by atoms with Crippen LogP contribution in [0.25, 0.3) is 232 Å². The minimum atomic E-state index is 0.568. The number of para-hydroxylation sites is 10. The third-order valence-electron chi connectivity index (χ3n) is 25.6. The first-order chi connectivity index (χ1) is 64.5. The highest BCUT2D eigenvalue weighted by molar-refractivity contribution is 6.20. The minimum absolute atomic E-state index is 0.568. The first kappa shape index (κ1) is 74.8. The SMILES string of the molecule is c1ccc(-c2nc(-c3ccccc3)nc(-n3c4ccccc4c4ccc(-c5cncc6c5c5ccccc5n6-c5ccccc5)cc43)n2)cc1.c1ccc(-n2c3ccccc3c3c(-c4ccc5c6ccccc6n(-c6ccc7ccccc7c6)c5c4)nccc32)cc1.c1ccc(-n2c3ccccc3c3ccc(-c4nccc5c4c4ccccc4n5-c4ccccc4)cc32)cc1. The van der Waals surface area contributed by atoms with E-state index in [4.69, 9.17) is 29.9 Å². The number of benzene rings is 17. The Kier molecular flexibility index (Phi) is 18.0. The second-order valence-electron chi connectivity index (χ2n) is 32.9. The fourth-order valence-corrected chi connectivity index (χ4v) is 19.9. The van der Waals surface area contributed by atoms with Crippen LogP contribution in [0.2, 0.25) is 0 Å². The zero-order valence-corrected chi connectivity index (χ0v) is 70.2. The second kappa shape index (κ2) is 31.2. The number of nitrogens with zero attached hydrogens (tertiary/aromatic N) is 12. The van der Waals surface area contributed by atoms with E-state index in [0.717, 1.165) is 117 Å². The lowest BCUT2D eigenvalue weighted by Crippen LogP contribution is -2.06. The Labute approximate surface area is 746 Å². The van der Waals surface area contributed by atoms with Crippen molar-refractivity contribution in [2.75, 3.05) is 0 Å². The van der Waals surface area contributed by atoms with Crippen LogP contribution in [0.15, 0.2) is 462 Å². The van der Waals surface area contributed by atoms with Crippen LogP contribution in [0.3, 0.4) is 0 Å². The van der Waals surface area contributed by atoms with E-state index >= 15 is 0 Å². The molecule has 10 aromatic heterocycles. The van der Waals surface area contributed by atoms with Crippen LogP contribution in [-0.4, -0.2) is 57.3 Å². The topological polar surface area (TPSA) is 107 Å². The van der Waals surface area contributed by atoms with Gasteiger partial charge in [0.1, 0.15) is 0 Å². The van der Waals surface area contributed by atoms with Gasteiger partial charge >= 0.3 is 0 Å². The highest BCUT2D eigenvalue weighted by Crippen LogP contribution is 2.46. The molecule has 12 nitrogen and oxygen atoms in total. The molecule has 0 aliphatic heterocycles. The van der Waals surface area contributed by atoms with Crippen LogP contribution in [-0.2, 0) is 0 Å². The maximum absolute atomic E-state index is 5.13. The number of hydrogen-bond acceptors (Lipinski definition) is 6. The standard InChI is InChI=1S/C44H28N6.C39H25N3.C35H23N3/c1-4-14-29(15-5-1)42-46-43(30-16-6-2-7-17-30)48-44(47-42)50-37-22-12-10-20-33(37)34-25-24-31(26-39(34)50)36-27-45-28-40-41(36)35-21-11-13-23-38(35)49(40)32-18-8-3-9-19-32;1-2-12-29(13-3-1)41-35-17-9-7-15-33(35)38-36(41)22-23-40-39(38)28-19-21-32-31-14-6-8-16-34(31)42(37(32)25-28)30-20-18-26-10-4-5-11-27(26)24-30;1-3-11-25(12-4-1)37-31-18-10-8-16-29(31)34-32(37)21-22-36-35(34)24-19-20-28-27-15-7-9-17-30(27)38(33(28)23-24)26-13-5-2-6-14-26/h1-28H;1-25H;1-23H. The predicted molar refractivity (Wildman–Crippen MR) is 537 cm³/mol. The summed E-state index contributed by atoms with van der Waals surface area (Å²) in [6, 6.07) is 154. The maximum Gasteiger partial charge on any atom is 0.238 e. The zero-order valence-electron chi connectivity index (χ0n) is 70.2. The molecule has 608 valence electrons. The highest BCUT2D eigenvalue weighted by Gasteiger charge is 2.26. The summed E-state index contributed by atoms with van der Waals surface area (Å²) in [5.41, 5.74) is 27.6. The second-order valence-corrected chi connectivity index (χ2v) is 32.9. The van der Waals surface area contributed by atoms with E-state index in [9.17, 15) is 0 Å². The summed E-state index contributed by atoms with van der Waals surface area (Å²) in [5.74, 6) is 1.82. The van der Waals surface area contributed by atoms with E-state index < -0.39 is 0 Å². The maximum atomic E-state index is 5.13. The molecule has 0 N–H and O–H groups in total. The van der Waals surface area contributed by atoms with Crippen LogP contribution < -0.4 is 0 Å². The van der Waals surface area contributed by atoms with Gasteiger partial charge in [-0.05, 0) is 144 Å². The molecule has 17 aromatic carbocycles. The molecule has 0 aliphatic rings. The van der Waals surface area contributed by atoms with Gasteiger partial charge in [-0.1, -0.05) is 309 Å². The minimum Gasteiger partial charge on any atom is -0.309 e. The van der Waals surface area contributed by atoms with Crippen molar-refractivity contribution in [3.63, 3.8) is 0 Å². The van der Waals surface area contributed by atoms with Crippen LogP contribution in [0, 0.1) is 0 Å². The van der Waals surface area contributed by atoms with Crippen molar-refractivity contribution in [3.05, 3.63) is 462 Å². The van der Waals surface area contributed by atoms with Gasteiger partial charge in [-0.2, -0.15) is 9.97 Å². The summed E-state index contributed by atoms with van der Waals surface area (Å²) in [6.45, 7) is 0. The van der Waals surface area contributed by atoms with Crippen LogP contribution in [0.1, 0.15) is 0 Å². The number of aromatic nitrogens is 12. The van der Waals surface area contributed by atoms with E-state index in [2.05, 4.69) is 397 Å². The molecule has 0 spiro atoms. The number of fused-ring (bicyclic) bond motifs is 19. The summed E-state index contributed by atoms with van der Waals surface area (Å²) >= 11 is 0. The highest BCUT2D eigenvalue weighted by atomic mass is 15.2. The van der Waals surface area contributed by atoms with Gasteiger partial charge in [0.15, 0.2) is 11.6 Å². The summed E-state index contributed by atoms with van der Waals surface area (Å²) in [4.78, 5) is 30.0. The molecule has 10 heterocycles. The largest absolute Gasteiger partial charge is 0.309 e. The molecule has 12 heteroatoms. The molecule has 0 saturated heterocycles. The molecule has 27 rings (SSSR count). The zero-order chi connectivity index (χ0) is 85.7. The monoisotopic (exact) mass is 1660 g/mol. The molecule has 0 aliphatic carbocycles. The molecule has 0 bridgehead atoms. The van der Waals surface area contributed by atoms with E-state index in [-0.39, 0.29) is 0 Å². The normalized spacial score (nSPS) is 11.7. The predicted octanol–water partition coefficient (Wildman–Crippen LogP) is 29.5. The molecule has 0 saturated carbocycles. The van der Waals surface area contributed by atoms with E-state index in [1.807, 2.05) is 91.5 Å². The fraction of sp³-hybridized carbons (Fsp3) is 0. The van der Waals surface area contributed by atoms with E-state index in [1.54, 1.807) is 0 Å². The summed E-state index contributed by atoms with van der Waals surface area (Å²) in [6.07, 6.45) is 7.84. The van der Waals surface area contributed by atoms with Gasteiger partial charge in [-0.3, -0.25) is 19.5 Å². The summed E-state index contributed by atoms with van der Waals surface area (Å²) in [5, 5.41) is 16.8. The Hall–Kier alpha value is -17.7. The van der Waals surface area contributed by atoms with E-state index in [1.165, 1.54) is 97.7 Å². The third-order valence-corrected chi connectivity index (χ3v) is 25.6. The Morgan fingerprint density at radius 2 is 0.500 bits per heavy atom. The lowest BCUT2D eigenvalue weighted by Gasteiger charge is -2.11. The van der Waals surface area contributed by atoms with Crippen molar-refractivity contribution in [1.82, 2.24) is 57.3 Å². The van der Waals surface area contributed by atoms with Crippen molar-refractivity contribution in [3.8, 4) is 90.8 Å². The van der Waals surface area contributed by atoms with E-state index in [0.29, 0.717) is 17.6 Å². The Morgan fingerprint density at radius 3 is 0.946 bits per heavy atom. The van der Waals surface area contributed by atoms with Gasteiger partial charge in [0.2, 0.25) is 5.95 Å². The first-order valence-corrected chi connectivity index (χ1v) is 43.9. The van der Waals surface area contributed by atoms with Crippen LogP contribution in [0.4, 0.5) is 0 Å². The van der Waals surface area contributed by atoms with Gasteiger partial charge < -0.3 is 22.8 Å². The number of hydrogen-bond donors (Lipinski definition) is 0. The Bertz CT molecular complexity index is 9050. The smallest absolute Gasteiger partial charge is 0.238 e. The number of pyridine rings is 3. The van der Waals surface area contributed by atoms with Crippen molar-refractivity contribution in [1.29, 1.82) is 0 Å². The molecule has 0 amide bonds. The first-order valence-electron chi connectivity index (χ1n) is 43.9. The van der Waals surface area contributed by atoms with Crippen molar-refractivity contribution in [2.24, 2.45) is 0 Å². The molecule has 0 unspecified atom stereocenters. The molecular weight excluding hydrogens is 1590 g/mol. The summed E-state index contributed by atoms with van der Waals surface area (Å²) < 4.78 is 13.9. The average Bonchev–Trinajstić information content (AvgIpc) is 1.58. The average molecular weight is 1660 g/mol. The molecule has 0 atom stereocenters. The van der Waals surface area contributed by atoms with Crippen LogP contribution in [0.5, 0.6) is 0 Å². The lowest BCUT2D eigenvalue weighted by atomic mass is 10.0. The molecular formula is C118H76N12. The van der Waals surface area contributed by atoms with Crippen molar-refractivity contribution < 1.29 is 0 Å². The van der Waals surface area contributed by atoms with Gasteiger partial charge in [0, 0.05) is 139 Å². The van der Waals surface area contributed by atoms with Crippen molar-refractivity contribution in [2.45, 2.75) is 0 Å². The van der Waals surface area contributed by atoms with Crippen LogP contribution >= 0.6 is 0 Å². The number of rotatable bonds is 11. The molecule has 0 radical (unpaired) electrons. The van der Waals surface area contributed by atoms with Crippen molar-refractivity contribution >= 4 is 142 Å². The third kappa shape index (κ3) is 12.4. The molecule has 27 aromatic rings. The Morgan fingerprint density at radius 1 is 0.177 bits per heavy atom.